The molecule has 2 aliphatic heterocycles. The van der Waals surface area contributed by atoms with Gasteiger partial charge in [-0.05, 0) is 25.3 Å². The van der Waals surface area contributed by atoms with Crippen LogP contribution in [0.3, 0.4) is 0 Å². The Hall–Kier alpha value is -1.82. The number of hydrogen-bond acceptors (Lipinski definition) is 3. The van der Waals surface area contributed by atoms with E-state index in [0.29, 0.717) is 30.5 Å². The lowest BCUT2D eigenvalue weighted by Gasteiger charge is -2.19. The Morgan fingerprint density at radius 1 is 1.36 bits per heavy atom. The molecule has 0 aromatic carbocycles. The number of aromatic nitrogens is 1. The fourth-order valence-corrected chi connectivity index (χ4v) is 3.52. The van der Waals surface area contributed by atoms with Crippen LogP contribution in [-0.2, 0) is 9.53 Å². The number of aromatic amines is 1. The first kappa shape index (κ1) is 13.8. The van der Waals surface area contributed by atoms with E-state index in [0.717, 1.165) is 25.8 Å². The number of likely N-dealkylation sites (tertiary alicyclic amines) is 1. The third-order valence-electron chi connectivity index (χ3n) is 4.80. The van der Waals surface area contributed by atoms with Gasteiger partial charge in [0.25, 0.3) is 5.91 Å². The van der Waals surface area contributed by atoms with Crippen LogP contribution in [0.25, 0.3) is 0 Å². The first-order chi connectivity index (χ1) is 10.7. The molecule has 3 atom stereocenters. The zero-order valence-electron chi connectivity index (χ0n) is 12.5. The molecule has 3 fully saturated rings. The molecule has 2 amide bonds. The lowest BCUT2D eigenvalue weighted by Crippen LogP contribution is -2.33. The maximum Gasteiger partial charge on any atom is 0.255 e. The maximum absolute atomic E-state index is 12.3. The summed E-state index contributed by atoms with van der Waals surface area (Å²) < 4.78 is 5.99. The molecule has 6 nitrogen and oxygen atoms in total. The van der Waals surface area contributed by atoms with E-state index in [9.17, 15) is 9.59 Å². The third-order valence-corrected chi connectivity index (χ3v) is 4.80. The molecule has 1 aromatic heterocycles. The van der Waals surface area contributed by atoms with Gasteiger partial charge in [0.05, 0.1) is 24.2 Å². The summed E-state index contributed by atoms with van der Waals surface area (Å²) in [5.74, 6) is 0.525. The average molecular weight is 303 g/mol. The SMILES string of the molecule is O=C(C[C@@H]1C[C@H]2CN(C(=O)c3cc[nH]c3)C[C@H]2O1)NC1CC1. The minimum absolute atomic E-state index is 0.0123. The van der Waals surface area contributed by atoms with E-state index >= 15 is 0 Å². The minimum atomic E-state index is 0.0123. The normalized spacial score (nSPS) is 30.4. The summed E-state index contributed by atoms with van der Waals surface area (Å²) in [6.07, 6.45) is 7.13. The standard InChI is InChI=1S/C16H21N3O3/c20-15(18-12-1-2-12)6-13-5-11-8-19(9-14(11)22-13)16(21)10-3-4-17-7-10/h3-4,7,11-14,17H,1-2,5-6,8-9H2,(H,18,20)/t11-,13-,14+/m0/s1. The number of nitrogens with zero attached hydrogens (tertiary/aromatic N) is 1. The molecule has 4 rings (SSSR count). The second-order valence-corrected chi connectivity index (χ2v) is 6.65. The first-order valence-electron chi connectivity index (χ1n) is 8.06. The Labute approximate surface area is 129 Å². The van der Waals surface area contributed by atoms with Gasteiger partial charge in [0, 0.05) is 37.4 Å². The Kier molecular flexibility index (Phi) is 3.41. The van der Waals surface area contributed by atoms with Crippen molar-refractivity contribution in [1.29, 1.82) is 0 Å². The third kappa shape index (κ3) is 2.75. The highest BCUT2D eigenvalue weighted by Crippen LogP contribution is 2.35. The molecule has 0 unspecified atom stereocenters. The number of ether oxygens (including phenoxy) is 1. The number of rotatable bonds is 4. The fraction of sp³-hybridized carbons (Fsp3) is 0.625. The van der Waals surface area contributed by atoms with E-state index in [2.05, 4.69) is 10.3 Å². The van der Waals surface area contributed by atoms with Crippen molar-refractivity contribution in [2.45, 2.75) is 43.9 Å². The minimum Gasteiger partial charge on any atom is -0.372 e. The average Bonchev–Trinajstić information content (AvgIpc) is 2.92. The second kappa shape index (κ2) is 5.43. The first-order valence-corrected chi connectivity index (χ1v) is 8.06. The van der Waals surface area contributed by atoms with Crippen LogP contribution in [0.5, 0.6) is 0 Å². The quantitative estimate of drug-likeness (QED) is 0.868. The van der Waals surface area contributed by atoms with Gasteiger partial charge in [-0.15, -0.1) is 0 Å². The summed E-state index contributed by atoms with van der Waals surface area (Å²) in [5.41, 5.74) is 0.695. The number of nitrogens with one attached hydrogen (secondary N) is 2. The molecule has 1 saturated carbocycles. The van der Waals surface area contributed by atoms with E-state index in [1.54, 1.807) is 18.5 Å². The van der Waals surface area contributed by atoms with Gasteiger partial charge >= 0.3 is 0 Å². The fourth-order valence-electron chi connectivity index (χ4n) is 3.52. The number of carbonyl (C=O) groups is 2. The van der Waals surface area contributed by atoms with Crippen LogP contribution in [-0.4, -0.2) is 53.0 Å². The molecule has 1 aliphatic carbocycles. The molecular weight excluding hydrogens is 282 g/mol. The number of amides is 2. The topological polar surface area (TPSA) is 74.4 Å². The molecule has 3 aliphatic rings. The van der Waals surface area contributed by atoms with Crippen LogP contribution >= 0.6 is 0 Å². The Balaban J connectivity index is 1.29. The van der Waals surface area contributed by atoms with Crippen LogP contribution in [0.4, 0.5) is 0 Å². The molecule has 0 bridgehead atoms. The van der Waals surface area contributed by atoms with Gasteiger partial charge < -0.3 is 19.9 Å². The van der Waals surface area contributed by atoms with Crippen LogP contribution in [0.2, 0.25) is 0 Å². The van der Waals surface area contributed by atoms with E-state index in [4.69, 9.17) is 4.74 Å². The zero-order valence-corrected chi connectivity index (χ0v) is 12.5. The van der Waals surface area contributed by atoms with Crippen molar-refractivity contribution >= 4 is 11.8 Å². The Morgan fingerprint density at radius 2 is 2.23 bits per heavy atom. The molecule has 6 heteroatoms. The van der Waals surface area contributed by atoms with Gasteiger partial charge in [-0.3, -0.25) is 9.59 Å². The van der Waals surface area contributed by atoms with Gasteiger partial charge in [0.2, 0.25) is 5.91 Å². The zero-order chi connectivity index (χ0) is 15.1. The molecule has 0 radical (unpaired) electrons. The van der Waals surface area contributed by atoms with Crippen molar-refractivity contribution in [1.82, 2.24) is 15.2 Å². The predicted octanol–water partition coefficient (Wildman–Crippen LogP) is 0.913. The Morgan fingerprint density at radius 3 is 2.91 bits per heavy atom. The van der Waals surface area contributed by atoms with Crippen molar-refractivity contribution in [3.05, 3.63) is 24.0 Å². The number of hydrogen-bond donors (Lipinski definition) is 2. The molecule has 2 saturated heterocycles. The van der Waals surface area contributed by atoms with E-state index < -0.39 is 0 Å². The lowest BCUT2D eigenvalue weighted by atomic mass is 10.0. The summed E-state index contributed by atoms with van der Waals surface area (Å²) in [7, 11) is 0. The maximum atomic E-state index is 12.3. The lowest BCUT2D eigenvalue weighted by molar-refractivity contribution is -0.123. The molecule has 1 aromatic rings. The van der Waals surface area contributed by atoms with Gasteiger partial charge in [0.1, 0.15) is 0 Å². The van der Waals surface area contributed by atoms with Crippen molar-refractivity contribution < 1.29 is 14.3 Å². The van der Waals surface area contributed by atoms with Gasteiger partial charge in [-0.25, -0.2) is 0 Å². The smallest absolute Gasteiger partial charge is 0.255 e. The highest BCUT2D eigenvalue weighted by molar-refractivity contribution is 5.94. The highest BCUT2D eigenvalue weighted by atomic mass is 16.5. The molecule has 118 valence electrons. The Bertz CT molecular complexity index is 553. The molecular formula is C16H21N3O3. The summed E-state index contributed by atoms with van der Waals surface area (Å²) in [4.78, 5) is 28.9. The molecule has 3 heterocycles. The van der Waals surface area contributed by atoms with Crippen molar-refractivity contribution in [3.8, 4) is 0 Å². The second-order valence-electron chi connectivity index (χ2n) is 6.65. The van der Waals surface area contributed by atoms with Crippen molar-refractivity contribution in [3.63, 3.8) is 0 Å². The van der Waals surface area contributed by atoms with E-state index in [1.165, 1.54) is 0 Å². The summed E-state index contributed by atoms with van der Waals surface area (Å²) >= 11 is 0. The summed E-state index contributed by atoms with van der Waals surface area (Å²) in [5, 5.41) is 3.01. The van der Waals surface area contributed by atoms with Crippen molar-refractivity contribution in [2.75, 3.05) is 13.1 Å². The molecule has 0 spiro atoms. The predicted molar refractivity (Wildman–Crippen MR) is 79.2 cm³/mol. The van der Waals surface area contributed by atoms with E-state index in [1.807, 2.05) is 4.90 Å². The number of H-pyrrole nitrogens is 1. The number of fused-ring (bicyclic) bond motifs is 1. The van der Waals surface area contributed by atoms with Crippen LogP contribution in [0, 0.1) is 5.92 Å². The number of carbonyl (C=O) groups excluding carboxylic acids is 2. The van der Waals surface area contributed by atoms with E-state index in [-0.39, 0.29) is 24.0 Å². The van der Waals surface area contributed by atoms with Crippen LogP contribution in [0.15, 0.2) is 18.5 Å². The van der Waals surface area contributed by atoms with Crippen LogP contribution in [0.1, 0.15) is 36.0 Å². The van der Waals surface area contributed by atoms with Gasteiger partial charge in [0.15, 0.2) is 0 Å². The van der Waals surface area contributed by atoms with Crippen LogP contribution < -0.4 is 5.32 Å². The van der Waals surface area contributed by atoms with Gasteiger partial charge in [-0.1, -0.05) is 0 Å². The molecule has 22 heavy (non-hydrogen) atoms. The summed E-state index contributed by atoms with van der Waals surface area (Å²) in [6, 6.07) is 2.20. The molecule has 2 N–H and O–H groups in total. The van der Waals surface area contributed by atoms with Gasteiger partial charge in [-0.2, -0.15) is 0 Å². The highest BCUT2D eigenvalue weighted by Gasteiger charge is 2.44. The largest absolute Gasteiger partial charge is 0.372 e. The monoisotopic (exact) mass is 303 g/mol. The van der Waals surface area contributed by atoms with Crippen molar-refractivity contribution in [2.24, 2.45) is 5.92 Å². The summed E-state index contributed by atoms with van der Waals surface area (Å²) in [6.45, 7) is 1.37.